The fraction of sp³-hybridized carbons (Fsp3) is 0.667. The summed E-state index contributed by atoms with van der Waals surface area (Å²) in [4.78, 5) is 4.15. The first-order valence-electron chi connectivity index (χ1n) is 7.58. The van der Waals surface area contributed by atoms with Crippen LogP contribution in [-0.4, -0.2) is 49.1 Å². The molecular weight excluding hydrogens is 267 g/mol. The van der Waals surface area contributed by atoms with Crippen molar-refractivity contribution in [1.82, 2.24) is 10.3 Å². The molecule has 2 aliphatic heterocycles. The average molecular weight is 290 g/mol. The first-order chi connectivity index (χ1) is 10.0. The summed E-state index contributed by atoms with van der Waals surface area (Å²) in [6, 6.07) is 3.89. The minimum Gasteiger partial charge on any atom is -0.399 e. The predicted molar refractivity (Wildman–Crippen MR) is 81.5 cm³/mol. The van der Waals surface area contributed by atoms with Crippen LogP contribution in [0, 0.1) is 0 Å². The molecule has 2 saturated heterocycles. The number of rotatable bonds is 3. The van der Waals surface area contributed by atoms with Gasteiger partial charge in [-0.25, -0.2) is 0 Å². The summed E-state index contributed by atoms with van der Waals surface area (Å²) >= 11 is 0. The summed E-state index contributed by atoms with van der Waals surface area (Å²) in [5.74, 6) is 0. The maximum Gasteiger partial charge on any atom is 0.496 e. The number of nitrogens with one attached hydrogen (secondary N) is 1. The molecule has 0 aromatic carbocycles. The lowest BCUT2D eigenvalue weighted by Gasteiger charge is -2.39. The van der Waals surface area contributed by atoms with E-state index >= 15 is 0 Å². The van der Waals surface area contributed by atoms with Crippen LogP contribution >= 0.6 is 0 Å². The summed E-state index contributed by atoms with van der Waals surface area (Å²) in [6.07, 6.45) is 4.53. The number of nitrogens with zero attached hydrogens (tertiary/aromatic N) is 1. The van der Waals surface area contributed by atoms with Crippen molar-refractivity contribution in [3.05, 3.63) is 24.5 Å². The van der Waals surface area contributed by atoms with Gasteiger partial charge < -0.3 is 19.4 Å². The van der Waals surface area contributed by atoms with Gasteiger partial charge >= 0.3 is 7.12 Å². The molecule has 0 bridgehead atoms. The zero-order valence-corrected chi connectivity index (χ0v) is 13.0. The zero-order chi connectivity index (χ0) is 14.9. The molecule has 2 fully saturated rings. The quantitative estimate of drug-likeness (QED) is 0.832. The Morgan fingerprint density at radius 1 is 1.38 bits per heavy atom. The van der Waals surface area contributed by atoms with E-state index in [4.69, 9.17) is 14.0 Å². The fourth-order valence-electron chi connectivity index (χ4n) is 2.93. The molecule has 2 unspecified atom stereocenters. The van der Waals surface area contributed by atoms with Gasteiger partial charge in [-0.15, -0.1) is 0 Å². The van der Waals surface area contributed by atoms with E-state index in [1.807, 2.05) is 12.1 Å². The van der Waals surface area contributed by atoms with Gasteiger partial charge in [-0.1, -0.05) is 6.07 Å². The minimum absolute atomic E-state index is 0.166. The van der Waals surface area contributed by atoms with E-state index in [0.717, 1.165) is 31.6 Å². The topological polar surface area (TPSA) is 52.6 Å². The summed E-state index contributed by atoms with van der Waals surface area (Å²) in [5, 5.41) is 3.36. The van der Waals surface area contributed by atoms with Gasteiger partial charge in [-0.2, -0.15) is 0 Å². The van der Waals surface area contributed by atoms with Crippen molar-refractivity contribution in [1.29, 1.82) is 0 Å². The SMILES string of the molecule is CC1(C)OB(c2cccnc2)OC1(C)CC1CNCCO1. The Bertz CT molecular complexity index is 479. The van der Waals surface area contributed by atoms with E-state index in [9.17, 15) is 0 Å². The van der Waals surface area contributed by atoms with Gasteiger partial charge in [0.25, 0.3) is 0 Å². The highest BCUT2D eigenvalue weighted by atomic mass is 16.7. The molecule has 0 saturated carbocycles. The Morgan fingerprint density at radius 3 is 2.90 bits per heavy atom. The van der Waals surface area contributed by atoms with E-state index in [2.05, 4.69) is 31.1 Å². The first-order valence-corrected chi connectivity index (χ1v) is 7.58. The number of ether oxygens (including phenoxy) is 1. The maximum absolute atomic E-state index is 6.28. The lowest BCUT2D eigenvalue weighted by Crippen LogP contribution is -2.50. The molecule has 0 spiro atoms. The van der Waals surface area contributed by atoms with E-state index < -0.39 is 5.60 Å². The normalized spacial score (nSPS) is 32.3. The van der Waals surface area contributed by atoms with Crippen LogP contribution in [0.2, 0.25) is 0 Å². The van der Waals surface area contributed by atoms with Crippen molar-refractivity contribution < 1.29 is 14.0 Å². The Labute approximate surface area is 126 Å². The first kappa shape index (κ1) is 15.0. The molecule has 114 valence electrons. The van der Waals surface area contributed by atoms with Gasteiger partial charge in [0.2, 0.25) is 0 Å². The number of hydrogen-bond donors (Lipinski definition) is 1. The third-order valence-corrected chi connectivity index (χ3v) is 4.62. The van der Waals surface area contributed by atoms with Gasteiger partial charge in [0.05, 0.1) is 23.9 Å². The molecule has 1 aromatic heterocycles. The molecule has 5 nitrogen and oxygen atoms in total. The Hall–Kier alpha value is -0.945. The molecule has 0 aliphatic carbocycles. The molecule has 21 heavy (non-hydrogen) atoms. The highest BCUT2D eigenvalue weighted by Crippen LogP contribution is 2.40. The van der Waals surface area contributed by atoms with Crippen LogP contribution < -0.4 is 10.8 Å². The Kier molecular flexibility index (Phi) is 4.05. The van der Waals surface area contributed by atoms with Crippen LogP contribution in [0.3, 0.4) is 0 Å². The number of pyridine rings is 1. The molecule has 0 amide bonds. The number of morpholine rings is 1. The molecule has 3 rings (SSSR count). The lowest BCUT2D eigenvalue weighted by molar-refractivity contribution is -0.0689. The third kappa shape index (κ3) is 2.99. The van der Waals surface area contributed by atoms with Gasteiger partial charge in [-0.3, -0.25) is 4.98 Å². The predicted octanol–water partition coefficient (Wildman–Crippen LogP) is 0.739. The molecule has 1 aromatic rings. The summed E-state index contributed by atoms with van der Waals surface area (Å²) < 4.78 is 18.3. The van der Waals surface area contributed by atoms with Crippen LogP contribution in [0.1, 0.15) is 27.2 Å². The van der Waals surface area contributed by atoms with E-state index in [1.54, 1.807) is 12.4 Å². The smallest absolute Gasteiger partial charge is 0.399 e. The molecule has 1 N–H and O–H groups in total. The van der Waals surface area contributed by atoms with Crippen LogP contribution in [0.5, 0.6) is 0 Å². The second kappa shape index (κ2) is 5.68. The van der Waals surface area contributed by atoms with Crippen molar-refractivity contribution in [3.63, 3.8) is 0 Å². The van der Waals surface area contributed by atoms with Crippen molar-refractivity contribution >= 4 is 12.6 Å². The van der Waals surface area contributed by atoms with Crippen LogP contribution in [-0.2, 0) is 14.0 Å². The van der Waals surface area contributed by atoms with Crippen molar-refractivity contribution in [2.45, 2.75) is 44.5 Å². The van der Waals surface area contributed by atoms with Crippen LogP contribution in [0.15, 0.2) is 24.5 Å². The summed E-state index contributed by atoms with van der Waals surface area (Å²) in [7, 11) is -0.366. The Morgan fingerprint density at radius 2 is 2.24 bits per heavy atom. The minimum atomic E-state index is -0.392. The second-order valence-electron chi connectivity index (χ2n) is 6.50. The highest BCUT2D eigenvalue weighted by Gasteiger charge is 2.55. The summed E-state index contributed by atoms with van der Waals surface area (Å²) in [5.41, 5.74) is 0.183. The number of hydrogen-bond acceptors (Lipinski definition) is 5. The molecule has 6 heteroatoms. The molecule has 2 atom stereocenters. The molecule has 3 heterocycles. The van der Waals surface area contributed by atoms with Gasteiger partial charge in [0.1, 0.15) is 0 Å². The second-order valence-corrected chi connectivity index (χ2v) is 6.50. The average Bonchev–Trinajstić information content (AvgIpc) is 2.71. The van der Waals surface area contributed by atoms with Gasteiger partial charge in [-0.05, 0) is 26.8 Å². The van der Waals surface area contributed by atoms with E-state index in [-0.39, 0.29) is 18.8 Å². The monoisotopic (exact) mass is 290 g/mol. The van der Waals surface area contributed by atoms with E-state index in [0.29, 0.717) is 0 Å². The number of aromatic nitrogens is 1. The summed E-state index contributed by atoms with van der Waals surface area (Å²) in [6.45, 7) is 8.83. The van der Waals surface area contributed by atoms with Crippen LogP contribution in [0.25, 0.3) is 0 Å². The Balaban J connectivity index is 1.74. The fourth-order valence-corrected chi connectivity index (χ4v) is 2.93. The highest BCUT2D eigenvalue weighted by molar-refractivity contribution is 6.62. The van der Waals surface area contributed by atoms with Gasteiger partial charge in [0, 0.05) is 37.4 Å². The molecular formula is C15H23BN2O3. The standard InChI is InChI=1S/C15H23BN2O3/c1-14(2)15(3,9-13-11-18-7-8-19-13)21-16(20-14)12-5-4-6-17-10-12/h4-6,10,13,18H,7-9,11H2,1-3H3. The molecule has 0 radical (unpaired) electrons. The van der Waals surface area contributed by atoms with Crippen LogP contribution in [0.4, 0.5) is 0 Å². The van der Waals surface area contributed by atoms with Gasteiger partial charge in [0.15, 0.2) is 0 Å². The third-order valence-electron chi connectivity index (χ3n) is 4.62. The van der Waals surface area contributed by atoms with Crippen molar-refractivity contribution in [3.8, 4) is 0 Å². The largest absolute Gasteiger partial charge is 0.496 e. The molecule has 2 aliphatic rings. The lowest BCUT2D eigenvalue weighted by atomic mass is 9.80. The van der Waals surface area contributed by atoms with Crippen molar-refractivity contribution in [2.24, 2.45) is 0 Å². The van der Waals surface area contributed by atoms with Crippen molar-refractivity contribution in [2.75, 3.05) is 19.7 Å². The zero-order valence-electron chi connectivity index (χ0n) is 13.0. The maximum atomic E-state index is 6.28. The van der Waals surface area contributed by atoms with E-state index in [1.165, 1.54) is 0 Å².